The van der Waals surface area contributed by atoms with Crippen LogP contribution in [0.2, 0.25) is 0 Å². The van der Waals surface area contributed by atoms with Crippen molar-refractivity contribution in [3.63, 3.8) is 0 Å². The van der Waals surface area contributed by atoms with Crippen LogP contribution in [0.25, 0.3) is 0 Å². The van der Waals surface area contributed by atoms with Crippen LogP contribution in [0.15, 0.2) is 18.2 Å². The molecule has 1 atom stereocenters. The van der Waals surface area contributed by atoms with E-state index in [-0.39, 0.29) is 5.75 Å². The van der Waals surface area contributed by atoms with Crippen LogP contribution in [0.3, 0.4) is 0 Å². The van der Waals surface area contributed by atoms with E-state index >= 15 is 0 Å². The monoisotopic (exact) mass is 195 g/mol. The van der Waals surface area contributed by atoms with Crippen molar-refractivity contribution in [2.45, 2.75) is 13.0 Å². The molecule has 4 heteroatoms. The first kappa shape index (κ1) is 10.5. The number of benzene rings is 1. The lowest BCUT2D eigenvalue weighted by Crippen LogP contribution is -2.25. The summed E-state index contributed by atoms with van der Waals surface area (Å²) in [5.74, 6) is -0.784. The van der Waals surface area contributed by atoms with Gasteiger partial charge in [0.05, 0.1) is 0 Å². The summed E-state index contributed by atoms with van der Waals surface area (Å²) in [4.78, 5) is 10.8. The Morgan fingerprint density at radius 2 is 2.14 bits per heavy atom. The quantitative estimate of drug-likeness (QED) is 0.674. The molecule has 0 heterocycles. The molecule has 1 rings (SSSR count). The standard InChI is InChI=1S/C10H13NO3/c1-6-5-7(12)3-4-8(6)9(11-2)10(13)14/h3-5,9,11-12H,1-2H3,(H,13,14). The second-order valence-electron chi connectivity index (χ2n) is 3.10. The van der Waals surface area contributed by atoms with Gasteiger partial charge in [0.1, 0.15) is 11.8 Å². The molecule has 0 aliphatic rings. The molecule has 1 unspecified atom stereocenters. The van der Waals surface area contributed by atoms with Gasteiger partial charge in [-0.15, -0.1) is 0 Å². The van der Waals surface area contributed by atoms with Crippen molar-refractivity contribution in [2.75, 3.05) is 7.05 Å². The number of phenolic OH excluding ortho intramolecular Hbond substituents is 1. The van der Waals surface area contributed by atoms with E-state index in [1.54, 1.807) is 26.1 Å². The van der Waals surface area contributed by atoms with Gasteiger partial charge in [0, 0.05) is 0 Å². The fourth-order valence-electron chi connectivity index (χ4n) is 1.40. The Kier molecular flexibility index (Phi) is 3.09. The van der Waals surface area contributed by atoms with Gasteiger partial charge in [0.25, 0.3) is 0 Å². The van der Waals surface area contributed by atoms with Crippen molar-refractivity contribution >= 4 is 5.97 Å². The molecule has 1 aromatic rings. The zero-order valence-electron chi connectivity index (χ0n) is 8.11. The van der Waals surface area contributed by atoms with Crippen molar-refractivity contribution in [1.29, 1.82) is 0 Å². The summed E-state index contributed by atoms with van der Waals surface area (Å²) in [6, 6.07) is 3.91. The van der Waals surface area contributed by atoms with E-state index in [9.17, 15) is 4.79 Å². The molecule has 0 aliphatic heterocycles. The maximum absolute atomic E-state index is 10.8. The van der Waals surface area contributed by atoms with Gasteiger partial charge in [0.2, 0.25) is 0 Å². The first-order chi connectivity index (χ1) is 6.56. The van der Waals surface area contributed by atoms with E-state index in [1.165, 1.54) is 6.07 Å². The number of nitrogens with one attached hydrogen (secondary N) is 1. The van der Waals surface area contributed by atoms with Crippen LogP contribution in [0.4, 0.5) is 0 Å². The molecule has 0 fully saturated rings. The second-order valence-corrected chi connectivity index (χ2v) is 3.10. The van der Waals surface area contributed by atoms with Gasteiger partial charge >= 0.3 is 5.97 Å². The number of hydrogen-bond acceptors (Lipinski definition) is 3. The fourth-order valence-corrected chi connectivity index (χ4v) is 1.40. The molecule has 3 N–H and O–H groups in total. The molecule has 0 aliphatic carbocycles. The van der Waals surface area contributed by atoms with Gasteiger partial charge in [-0.3, -0.25) is 4.79 Å². The largest absolute Gasteiger partial charge is 0.508 e. The smallest absolute Gasteiger partial charge is 0.325 e. The molecular formula is C10H13NO3. The molecule has 14 heavy (non-hydrogen) atoms. The highest BCUT2D eigenvalue weighted by Crippen LogP contribution is 2.21. The number of carboxylic acid groups (broad SMARTS) is 1. The molecular weight excluding hydrogens is 182 g/mol. The summed E-state index contributed by atoms with van der Waals surface area (Å²) in [5, 5.41) is 20.8. The predicted octanol–water partition coefficient (Wildman–Crippen LogP) is 1.05. The van der Waals surface area contributed by atoms with Crippen LogP contribution in [-0.2, 0) is 4.79 Å². The zero-order valence-corrected chi connectivity index (χ0v) is 8.11. The predicted molar refractivity (Wildman–Crippen MR) is 52.3 cm³/mol. The molecule has 1 aromatic carbocycles. The van der Waals surface area contributed by atoms with Gasteiger partial charge in [-0.1, -0.05) is 6.07 Å². The lowest BCUT2D eigenvalue weighted by Gasteiger charge is -2.14. The fraction of sp³-hybridized carbons (Fsp3) is 0.300. The van der Waals surface area contributed by atoms with E-state index in [4.69, 9.17) is 10.2 Å². The number of likely N-dealkylation sites (N-methyl/N-ethyl adjacent to an activating group) is 1. The van der Waals surface area contributed by atoms with E-state index in [2.05, 4.69) is 5.32 Å². The minimum absolute atomic E-state index is 0.145. The lowest BCUT2D eigenvalue weighted by atomic mass is 10.0. The number of carboxylic acids is 1. The molecule has 0 spiro atoms. The van der Waals surface area contributed by atoms with Crippen molar-refractivity contribution in [3.8, 4) is 5.75 Å². The molecule has 0 saturated carbocycles. The molecule has 0 amide bonds. The summed E-state index contributed by atoms with van der Waals surface area (Å²) in [5.41, 5.74) is 1.42. The Labute approximate surface area is 82.2 Å². The van der Waals surface area contributed by atoms with Crippen molar-refractivity contribution < 1.29 is 15.0 Å². The highest BCUT2D eigenvalue weighted by molar-refractivity contribution is 5.76. The van der Waals surface area contributed by atoms with Gasteiger partial charge in [0.15, 0.2) is 0 Å². The van der Waals surface area contributed by atoms with Crippen molar-refractivity contribution in [1.82, 2.24) is 5.32 Å². The average molecular weight is 195 g/mol. The Hall–Kier alpha value is -1.55. The number of aryl methyl sites for hydroxylation is 1. The summed E-state index contributed by atoms with van der Waals surface area (Å²) >= 11 is 0. The molecule has 0 aromatic heterocycles. The summed E-state index contributed by atoms with van der Waals surface area (Å²) in [7, 11) is 1.59. The molecule has 0 bridgehead atoms. The van der Waals surface area contributed by atoms with Crippen molar-refractivity contribution in [3.05, 3.63) is 29.3 Å². The summed E-state index contributed by atoms with van der Waals surface area (Å²) < 4.78 is 0. The minimum atomic E-state index is -0.929. The lowest BCUT2D eigenvalue weighted by molar-refractivity contribution is -0.139. The normalized spacial score (nSPS) is 12.4. The van der Waals surface area contributed by atoms with Gasteiger partial charge in [-0.25, -0.2) is 0 Å². The van der Waals surface area contributed by atoms with Gasteiger partial charge in [-0.05, 0) is 37.2 Å². The minimum Gasteiger partial charge on any atom is -0.508 e. The topological polar surface area (TPSA) is 69.6 Å². The van der Waals surface area contributed by atoms with E-state index < -0.39 is 12.0 Å². The number of hydrogen-bond donors (Lipinski definition) is 3. The number of aliphatic carboxylic acids is 1. The molecule has 0 radical (unpaired) electrons. The van der Waals surface area contributed by atoms with Crippen LogP contribution in [0, 0.1) is 6.92 Å². The Morgan fingerprint density at radius 1 is 1.50 bits per heavy atom. The molecule has 4 nitrogen and oxygen atoms in total. The third-order valence-electron chi connectivity index (χ3n) is 2.10. The van der Waals surface area contributed by atoms with Crippen molar-refractivity contribution in [2.24, 2.45) is 0 Å². The third kappa shape index (κ3) is 2.03. The van der Waals surface area contributed by atoms with Crippen LogP contribution < -0.4 is 5.32 Å². The van der Waals surface area contributed by atoms with E-state index in [1.807, 2.05) is 0 Å². The molecule has 76 valence electrons. The third-order valence-corrected chi connectivity index (χ3v) is 2.10. The SMILES string of the molecule is CNC(C(=O)O)c1ccc(O)cc1C. The Morgan fingerprint density at radius 3 is 2.57 bits per heavy atom. The van der Waals surface area contributed by atoms with Crippen LogP contribution in [0.5, 0.6) is 5.75 Å². The number of aromatic hydroxyl groups is 1. The maximum Gasteiger partial charge on any atom is 0.325 e. The zero-order chi connectivity index (χ0) is 10.7. The molecule has 0 saturated heterocycles. The summed E-state index contributed by atoms with van der Waals surface area (Å²) in [6.07, 6.45) is 0. The van der Waals surface area contributed by atoms with E-state index in [0.717, 1.165) is 5.56 Å². The van der Waals surface area contributed by atoms with Gasteiger partial charge < -0.3 is 15.5 Å². The van der Waals surface area contributed by atoms with Crippen LogP contribution in [0.1, 0.15) is 17.2 Å². The highest BCUT2D eigenvalue weighted by Gasteiger charge is 2.19. The highest BCUT2D eigenvalue weighted by atomic mass is 16.4. The Balaban J connectivity index is 3.10. The van der Waals surface area contributed by atoms with Crippen LogP contribution >= 0.6 is 0 Å². The summed E-state index contributed by atoms with van der Waals surface area (Å²) in [6.45, 7) is 1.77. The van der Waals surface area contributed by atoms with Gasteiger partial charge in [-0.2, -0.15) is 0 Å². The maximum atomic E-state index is 10.8. The first-order valence-corrected chi connectivity index (χ1v) is 4.26. The van der Waals surface area contributed by atoms with Crippen LogP contribution in [-0.4, -0.2) is 23.2 Å². The Bertz CT molecular complexity index is 349. The number of rotatable bonds is 3. The average Bonchev–Trinajstić information content (AvgIpc) is 2.09. The second kappa shape index (κ2) is 4.11. The number of carbonyl (C=O) groups is 1. The van der Waals surface area contributed by atoms with E-state index in [0.29, 0.717) is 5.56 Å². The first-order valence-electron chi connectivity index (χ1n) is 4.26. The number of phenols is 1.